The summed E-state index contributed by atoms with van der Waals surface area (Å²) in [7, 11) is 0. The number of nitrogens with one attached hydrogen (secondary N) is 1. The lowest BCUT2D eigenvalue weighted by Gasteiger charge is -2.07. The molecule has 0 unspecified atom stereocenters. The molecule has 0 aliphatic carbocycles. The van der Waals surface area contributed by atoms with Crippen LogP contribution in [0, 0.1) is 0 Å². The first-order valence-electron chi connectivity index (χ1n) is 4.91. The maximum atomic E-state index is 12.0. The van der Waals surface area contributed by atoms with E-state index in [-0.39, 0.29) is 11.2 Å². The Morgan fingerprint density at radius 3 is 2.89 bits per heavy atom. The average Bonchev–Trinajstić information content (AvgIpc) is 2.32. The van der Waals surface area contributed by atoms with Gasteiger partial charge in [0.1, 0.15) is 5.82 Å². The van der Waals surface area contributed by atoms with Gasteiger partial charge in [0.2, 0.25) is 5.28 Å². The number of nitrogens with two attached hydrogens (primary N) is 1. The molecule has 0 radical (unpaired) electrons. The summed E-state index contributed by atoms with van der Waals surface area (Å²) in [6.45, 7) is 0. The van der Waals surface area contributed by atoms with Gasteiger partial charge in [-0.25, -0.2) is 9.97 Å². The highest BCUT2D eigenvalue weighted by Gasteiger charge is 2.11. The molecule has 2 aromatic rings. The minimum Gasteiger partial charge on any atom is -0.398 e. The van der Waals surface area contributed by atoms with Gasteiger partial charge in [-0.2, -0.15) is 0 Å². The molecule has 0 aliphatic heterocycles. The molecular formula is C11H8BrClN4O. The number of nitrogens with zero attached hydrogens (tertiary/aromatic N) is 2. The number of benzene rings is 1. The molecule has 3 N–H and O–H groups in total. The number of nitrogen functional groups attached to an aromatic ring is 1. The highest BCUT2D eigenvalue weighted by molar-refractivity contribution is 9.10. The molecular weight excluding hydrogens is 320 g/mol. The highest BCUT2D eigenvalue weighted by Crippen LogP contribution is 2.19. The third-order valence-electron chi connectivity index (χ3n) is 2.13. The van der Waals surface area contributed by atoms with Gasteiger partial charge < -0.3 is 11.1 Å². The molecule has 0 saturated heterocycles. The van der Waals surface area contributed by atoms with Crippen molar-refractivity contribution in [1.82, 2.24) is 9.97 Å². The number of hydrogen-bond donors (Lipinski definition) is 2. The van der Waals surface area contributed by atoms with Crippen LogP contribution in [0.4, 0.5) is 11.5 Å². The van der Waals surface area contributed by atoms with Crippen LogP contribution in [-0.2, 0) is 0 Å². The summed E-state index contributed by atoms with van der Waals surface area (Å²) in [6, 6.07) is 6.57. The molecule has 0 spiro atoms. The minimum atomic E-state index is -0.358. The molecule has 0 atom stereocenters. The SMILES string of the molecule is Nc1ccc(Br)cc1C(=O)Nc1ccnc(Cl)n1. The number of carbonyl (C=O) groups is 1. The number of hydrogen-bond acceptors (Lipinski definition) is 4. The van der Waals surface area contributed by atoms with Crippen molar-refractivity contribution in [3.05, 3.63) is 45.8 Å². The van der Waals surface area contributed by atoms with E-state index in [4.69, 9.17) is 17.3 Å². The summed E-state index contributed by atoms with van der Waals surface area (Å²) in [4.78, 5) is 19.6. The molecule has 1 heterocycles. The molecule has 5 nitrogen and oxygen atoms in total. The Balaban J connectivity index is 2.24. The van der Waals surface area contributed by atoms with E-state index in [2.05, 4.69) is 31.2 Å². The zero-order chi connectivity index (χ0) is 13.1. The van der Waals surface area contributed by atoms with E-state index < -0.39 is 0 Å². The minimum absolute atomic E-state index is 0.0648. The van der Waals surface area contributed by atoms with Crippen molar-refractivity contribution < 1.29 is 4.79 Å². The van der Waals surface area contributed by atoms with Crippen molar-refractivity contribution in [3.63, 3.8) is 0 Å². The summed E-state index contributed by atoms with van der Waals surface area (Å²) in [5, 5.41) is 2.66. The molecule has 1 amide bonds. The lowest BCUT2D eigenvalue weighted by atomic mass is 10.1. The van der Waals surface area contributed by atoms with E-state index in [0.717, 1.165) is 4.47 Å². The third kappa shape index (κ3) is 2.96. The van der Waals surface area contributed by atoms with Crippen molar-refractivity contribution in [2.24, 2.45) is 0 Å². The summed E-state index contributed by atoms with van der Waals surface area (Å²) in [5.41, 5.74) is 6.48. The molecule has 0 fully saturated rings. The molecule has 7 heteroatoms. The van der Waals surface area contributed by atoms with Crippen LogP contribution in [0.1, 0.15) is 10.4 Å². The van der Waals surface area contributed by atoms with Crippen molar-refractivity contribution in [3.8, 4) is 0 Å². The van der Waals surface area contributed by atoms with Gasteiger partial charge in [-0.1, -0.05) is 15.9 Å². The van der Waals surface area contributed by atoms with Gasteiger partial charge in [-0.3, -0.25) is 4.79 Å². The second-order valence-electron chi connectivity index (χ2n) is 3.40. The fraction of sp³-hybridized carbons (Fsp3) is 0. The van der Waals surface area contributed by atoms with E-state index in [0.29, 0.717) is 17.1 Å². The van der Waals surface area contributed by atoms with Crippen LogP contribution in [0.3, 0.4) is 0 Å². The third-order valence-corrected chi connectivity index (χ3v) is 2.80. The van der Waals surface area contributed by atoms with Crippen LogP contribution >= 0.6 is 27.5 Å². The quantitative estimate of drug-likeness (QED) is 0.656. The predicted molar refractivity (Wildman–Crippen MR) is 73.5 cm³/mol. The Morgan fingerprint density at radius 1 is 1.39 bits per heavy atom. The second-order valence-corrected chi connectivity index (χ2v) is 4.65. The van der Waals surface area contributed by atoms with Gasteiger partial charge in [0.15, 0.2) is 0 Å². The van der Waals surface area contributed by atoms with Gasteiger partial charge >= 0.3 is 0 Å². The summed E-state index contributed by atoms with van der Waals surface area (Å²) in [6.07, 6.45) is 1.45. The predicted octanol–water partition coefficient (Wildman–Crippen LogP) is 2.73. The average molecular weight is 328 g/mol. The first kappa shape index (κ1) is 12.8. The smallest absolute Gasteiger partial charge is 0.258 e. The molecule has 18 heavy (non-hydrogen) atoms. The molecule has 1 aromatic carbocycles. The fourth-order valence-corrected chi connectivity index (χ4v) is 1.82. The Hall–Kier alpha value is -1.66. The molecule has 0 bridgehead atoms. The first-order valence-corrected chi connectivity index (χ1v) is 6.08. The Morgan fingerprint density at radius 2 is 2.17 bits per heavy atom. The molecule has 1 aromatic heterocycles. The van der Waals surface area contributed by atoms with Gasteiger partial charge in [0, 0.05) is 16.4 Å². The number of amides is 1. The van der Waals surface area contributed by atoms with Crippen LogP contribution in [0.25, 0.3) is 0 Å². The second kappa shape index (κ2) is 5.32. The van der Waals surface area contributed by atoms with Crippen LogP contribution in [0.5, 0.6) is 0 Å². The van der Waals surface area contributed by atoms with Crippen LogP contribution < -0.4 is 11.1 Å². The van der Waals surface area contributed by atoms with Crippen LogP contribution in [0.2, 0.25) is 5.28 Å². The Bertz CT molecular complexity index is 605. The van der Waals surface area contributed by atoms with E-state index >= 15 is 0 Å². The summed E-state index contributed by atoms with van der Waals surface area (Å²) in [5.74, 6) is -0.0389. The number of anilines is 2. The van der Waals surface area contributed by atoms with Crippen molar-refractivity contribution in [2.75, 3.05) is 11.1 Å². The monoisotopic (exact) mass is 326 g/mol. The largest absolute Gasteiger partial charge is 0.398 e. The molecule has 0 aliphatic rings. The van der Waals surface area contributed by atoms with E-state index in [1.165, 1.54) is 12.3 Å². The number of rotatable bonds is 2. The topological polar surface area (TPSA) is 80.9 Å². The zero-order valence-corrected chi connectivity index (χ0v) is 11.4. The van der Waals surface area contributed by atoms with E-state index in [9.17, 15) is 4.79 Å². The maximum Gasteiger partial charge on any atom is 0.258 e. The molecule has 2 rings (SSSR count). The number of aromatic nitrogens is 2. The first-order chi connectivity index (χ1) is 8.56. The standard InChI is InChI=1S/C11H8BrClN4O/c12-6-1-2-8(14)7(5-6)10(18)16-9-3-4-15-11(13)17-9/h1-5H,14H2,(H,15,16,17,18). The number of halogens is 2. The van der Waals surface area contributed by atoms with Gasteiger partial charge in [-0.05, 0) is 35.9 Å². The fourth-order valence-electron chi connectivity index (χ4n) is 1.31. The Kier molecular flexibility index (Phi) is 3.78. The zero-order valence-electron chi connectivity index (χ0n) is 9.02. The lowest BCUT2D eigenvalue weighted by Crippen LogP contribution is -2.15. The van der Waals surface area contributed by atoms with Crippen LogP contribution in [0.15, 0.2) is 34.9 Å². The molecule has 0 saturated carbocycles. The van der Waals surface area contributed by atoms with E-state index in [1.54, 1.807) is 18.2 Å². The summed E-state index contributed by atoms with van der Waals surface area (Å²) < 4.78 is 0.766. The van der Waals surface area contributed by atoms with Gasteiger partial charge in [-0.15, -0.1) is 0 Å². The number of carbonyl (C=O) groups excluding carboxylic acids is 1. The maximum absolute atomic E-state index is 12.0. The van der Waals surface area contributed by atoms with Gasteiger partial charge in [0.05, 0.1) is 5.56 Å². The van der Waals surface area contributed by atoms with Crippen molar-refractivity contribution in [1.29, 1.82) is 0 Å². The summed E-state index contributed by atoms with van der Waals surface area (Å²) >= 11 is 8.90. The molecule has 92 valence electrons. The normalized spacial score (nSPS) is 10.1. The lowest BCUT2D eigenvalue weighted by molar-refractivity contribution is 0.102. The Labute approximate surface area is 117 Å². The van der Waals surface area contributed by atoms with Crippen LogP contribution in [-0.4, -0.2) is 15.9 Å². The highest BCUT2D eigenvalue weighted by atomic mass is 79.9. The van der Waals surface area contributed by atoms with E-state index in [1.807, 2.05) is 0 Å². The van der Waals surface area contributed by atoms with Crippen molar-refractivity contribution >= 4 is 44.9 Å². The van der Waals surface area contributed by atoms with Crippen molar-refractivity contribution in [2.45, 2.75) is 0 Å². The van der Waals surface area contributed by atoms with Gasteiger partial charge in [0.25, 0.3) is 5.91 Å².